The van der Waals surface area contributed by atoms with Crippen molar-refractivity contribution in [2.45, 2.75) is 45.2 Å². The van der Waals surface area contributed by atoms with Gasteiger partial charge in [-0.2, -0.15) is 0 Å². The lowest BCUT2D eigenvalue weighted by molar-refractivity contribution is -0.0884. The molecular formula is C15H18O2S. The van der Waals surface area contributed by atoms with Gasteiger partial charge in [-0.3, -0.25) is 0 Å². The molecule has 0 unspecified atom stereocenters. The summed E-state index contributed by atoms with van der Waals surface area (Å²) >= 11 is 1.74. The zero-order valence-electron chi connectivity index (χ0n) is 11.2. The number of hydrogen-bond acceptors (Lipinski definition) is 3. The molecule has 2 heterocycles. The van der Waals surface area contributed by atoms with E-state index in [0.717, 1.165) is 5.56 Å². The fourth-order valence-electron chi connectivity index (χ4n) is 2.17. The van der Waals surface area contributed by atoms with Crippen LogP contribution in [0.15, 0.2) is 29.6 Å². The van der Waals surface area contributed by atoms with E-state index in [-0.39, 0.29) is 17.5 Å². The summed E-state index contributed by atoms with van der Waals surface area (Å²) in [6.45, 7) is 8.34. The van der Waals surface area contributed by atoms with Crippen molar-refractivity contribution in [3.63, 3.8) is 0 Å². The van der Waals surface area contributed by atoms with Crippen molar-refractivity contribution in [3.8, 4) is 0 Å². The van der Waals surface area contributed by atoms with Gasteiger partial charge in [0, 0.05) is 10.3 Å². The first kappa shape index (κ1) is 12.2. The van der Waals surface area contributed by atoms with Crippen LogP contribution in [0.5, 0.6) is 0 Å². The molecule has 0 amide bonds. The van der Waals surface area contributed by atoms with Gasteiger partial charge < -0.3 is 9.47 Å². The Labute approximate surface area is 112 Å². The fourth-order valence-corrected chi connectivity index (χ4v) is 3.10. The molecule has 0 spiro atoms. The number of ether oxygens (including phenoxy) is 2. The maximum Gasteiger partial charge on any atom is 0.186 e. The SMILES string of the molecule is CC1(C)OC(c2cccc3ccsc23)OC1(C)C. The zero-order valence-corrected chi connectivity index (χ0v) is 12.0. The van der Waals surface area contributed by atoms with Crippen molar-refractivity contribution in [1.82, 2.24) is 0 Å². The van der Waals surface area contributed by atoms with Gasteiger partial charge in [0.05, 0.1) is 11.2 Å². The zero-order chi connectivity index (χ0) is 13.0. The van der Waals surface area contributed by atoms with Crippen molar-refractivity contribution >= 4 is 21.4 Å². The molecule has 2 aromatic rings. The highest BCUT2D eigenvalue weighted by atomic mass is 32.1. The van der Waals surface area contributed by atoms with Crippen molar-refractivity contribution in [2.75, 3.05) is 0 Å². The standard InChI is InChI=1S/C15H18O2S/c1-14(2)15(3,4)17-13(16-14)11-7-5-6-10-8-9-18-12(10)11/h5-9,13H,1-4H3. The molecule has 1 aliphatic rings. The van der Waals surface area contributed by atoms with E-state index in [1.54, 1.807) is 11.3 Å². The van der Waals surface area contributed by atoms with Gasteiger partial charge in [-0.05, 0) is 44.5 Å². The summed E-state index contributed by atoms with van der Waals surface area (Å²) in [6, 6.07) is 8.42. The predicted molar refractivity (Wildman–Crippen MR) is 74.9 cm³/mol. The largest absolute Gasteiger partial charge is 0.339 e. The third-order valence-corrected chi connectivity index (χ3v) is 5.00. The van der Waals surface area contributed by atoms with Gasteiger partial charge in [0.25, 0.3) is 0 Å². The molecule has 96 valence electrons. The Morgan fingerprint density at radius 1 is 1.00 bits per heavy atom. The molecule has 3 heteroatoms. The Hall–Kier alpha value is -0.900. The molecular weight excluding hydrogens is 244 g/mol. The Bertz CT molecular complexity index is 567. The van der Waals surface area contributed by atoms with Crippen LogP contribution in [0, 0.1) is 0 Å². The first-order chi connectivity index (χ1) is 8.41. The summed E-state index contributed by atoms with van der Waals surface area (Å²) < 4.78 is 13.5. The Morgan fingerprint density at radius 3 is 2.33 bits per heavy atom. The van der Waals surface area contributed by atoms with Crippen LogP contribution in [-0.4, -0.2) is 11.2 Å². The third-order valence-electron chi connectivity index (χ3n) is 4.02. The molecule has 1 fully saturated rings. The highest BCUT2D eigenvalue weighted by molar-refractivity contribution is 7.17. The van der Waals surface area contributed by atoms with Crippen LogP contribution >= 0.6 is 11.3 Å². The first-order valence-electron chi connectivity index (χ1n) is 6.22. The van der Waals surface area contributed by atoms with Crippen molar-refractivity contribution in [1.29, 1.82) is 0 Å². The highest BCUT2D eigenvalue weighted by Gasteiger charge is 2.49. The Kier molecular flexibility index (Phi) is 2.56. The van der Waals surface area contributed by atoms with Crippen LogP contribution < -0.4 is 0 Å². The normalized spacial score (nSPS) is 22.7. The lowest BCUT2D eigenvalue weighted by Crippen LogP contribution is -2.41. The topological polar surface area (TPSA) is 18.5 Å². The number of fused-ring (bicyclic) bond motifs is 1. The van der Waals surface area contributed by atoms with Gasteiger partial charge >= 0.3 is 0 Å². The van der Waals surface area contributed by atoms with E-state index in [2.05, 4.69) is 57.3 Å². The van der Waals surface area contributed by atoms with Crippen LogP contribution in [-0.2, 0) is 9.47 Å². The maximum atomic E-state index is 6.11. The second-order valence-corrected chi connectivity index (χ2v) is 6.69. The lowest BCUT2D eigenvalue weighted by Gasteiger charge is -2.30. The van der Waals surface area contributed by atoms with Crippen LogP contribution in [0.1, 0.15) is 39.5 Å². The quantitative estimate of drug-likeness (QED) is 0.753. The molecule has 3 rings (SSSR count). The fraction of sp³-hybridized carbons (Fsp3) is 0.467. The molecule has 0 N–H and O–H groups in total. The van der Waals surface area contributed by atoms with Crippen LogP contribution in [0.4, 0.5) is 0 Å². The summed E-state index contributed by atoms with van der Waals surface area (Å²) in [7, 11) is 0. The number of benzene rings is 1. The van der Waals surface area contributed by atoms with E-state index in [4.69, 9.17) is 9.47 Å². The molecule has 0 bridgehead atoms. The van der Waals surface area contributed by atoms with Crippen molar-refractivity contribution in [2.24, 2.45) is 0 Å². The van der Waals surface area contributed by atoms with Gasteiger partial charge in [0.1, 0.15) is 0 Å². The van der Waals surface area contributed by atoms with E-state index < -0.39 is 0 Å². The van der Waals surface area contributed by atoms with Gasteiger partial charge in [-0.15, -0.1) is 11.3 Å². The van der Waals surface area contributed by atoms with Crippen molar-refractivity contribution in [3.05, 3.63) is 35.2 Å². The number of hydrogen-bond donors (Lipinski definition) is 0. The summed E-state index contributed by atoms with van der Waals surface area (Å²) in [4.78, 5) is 0. The van der Waals surface area contributed by atoms with E-state index in [0.29, 0.717) is 0 Å². The van der Waals surface area contributed by atoms with Crippen LogP contribution in [0.3, 0.4) is 0 Å². The van der Waals surface area contributed by atoms with Crippen LogP contribution in [0.2, 0.25) is 0 Å². The molecule has 0 atom stereocenters. The molecule has 0 radical (unpaired) electrons. The van der Waals surface area contributed by atoms with Crippen molar-refractivity contribution < 1.29 is 9.47 Å². The van der Waals surface area contributed by atoms with Gasteiger partial charge in [0.15, 0.2) is 6.29 Å². The summed E-state index contributed by atoms with van der Waals surface area (Å²) in [5, 5.41) is 3.37. The molecule has 0 saturated carbocycles. The van der Waals surface area contributed by atoms with E-state index in [1.165, 1.54) is 10.1 Å². The summed E-state index contributed by atoms with van der Waals surface area (Å²) in [5.74, 6) is 0. The molecule has 2 nitrogen and oxygen atoms in total. The minimum Gasteiger partial charge on any atom is -0.339 e. The second kappa shape index (κ2) is 3.80. The molecule has 1 aromatic heterocycles. The van der Waals surface area contributed by atoms with E-state index >= 15 is 0 Å². The molecule has 18 heavy (non-hydrogen) atoms. The lowest BCUT2D eigenvalue weighted by atomic mass is 9.90. The van der Waals surface area contributed by atoms with Gasteiger partial charge in [0.2, 0.25) is 0 Å². The summed E-state index contributed by atoms with van der Waals surface area (Å²) in [5.41, 5.74) is 0.579. The molecule has 1 saturated heterocycles. The summed E-state index contributed by atoms with van der Waals surface area (Å²) in [6.07, 6.45) is -0.266. The van der Waals surface area contributed by atoms with E-state index in [9.17, 15) is 0 Å². The number of rotatable bonds is 1. The monoisotopic (exact) mass is 262 g/mol. The minimum atomic E-state index is -0.281. The Balaban J connectivity index is 2.05. The second-order valence-electron chi connectivity index (χ2n) is 5.77. The molecule has 0 aliphatic carbocycles. The minimum absolute atomic E-state index is 0.266. The van der Waals surface area contributed by atoms with Crippen LogP contribution in [0.25, 0.3) is 10.1 Å². The Morgan fingerprint density at radius 2 is 1.67 bits per heavy atom. The average Bonchev–Trinajstić information content (AvgIpc) is 2.81. The maximum absolute atomic E-state index is 6.11. The van der Waals surface area contributed by atoms with Gasteiger partial charge in [-0.1, -0.05) is 18.2 Å². The highest BCUT2D eigenvalue weighted by Crippen LogP contribution is 2.46. The smallest absolute Gasteiger partial charge is 0.186 e. The number of thiophene rings is 1. The predicted octanol–water partition coefficient (Wildman–Crippen LogP) is 4.50. The molecule has 1 aliphatic heterocycles. The first-order valence-corrected chi connectivity index (χ1v) is 7.10. The third kappa shape index (κ3) is 1.69. The average molecular weight is 262 g/mol. The molecule has 1 aromatic carbocycles. The van der Waals surface area contributed by atoms with Gasteiger partial charge in [-0.25, -0.2) is 0 Å². The van der Waals surface area contributed by atoms with E-state index in [1.807, 2.05) is 0 Å².